The minimum Gasteiger partial charge on any atom is -0.481 e. The monoisotopic (exact) mass is 524 g/mol. The summed E-state index contributed by atoms with van der Waals surface area (Å²) < 4.78 is 6.85. The fourth-order valence-electron chi connectivity index (χ4n) is 4.71. The number of methoxy groups -OCH3 is 1. The molecule has 3 heterocycles. The predicted molar refractivity (Wildman–Crippen MR) is 143 cm³/mol. The number of aromatic nitrogens is 4. The molecule has 0 bridgehead atoms. The van der Waals surface area contributed by atoms with Crippen molar-refractivity contribution in [1.82, 2.24) is 35.5 Å². The lowest BCUT2D eigenvalue weighted by Crippen LogP contribution is -2.49. The molecule has 3 aromatic rings. The fraction of sp³-hybridized carbons (Fsp3) is 0.500. The lowest BCUT2D eigenvalue weighted by molar-refractivity contribution is -0.130. The molecule has 12 heteroatoms. The zero-order valence-corrected chi connectivity index (χ0v) is 22.0. The molecule has 1 fully saturated rings. The number of nitrogens with zero attached hydrogens (tertiary/aromatic N) is 4. The number of nitrogen functional groups attached to an aromatic ring is 1. The van der Waals surface area contributed by atoms with Crippen LogP contribution in [0.5, 0.6) is 5.88 Å². The SMILES string of the molecule is COc1cc(-c2cc(C(=O)NC3CCC(NC(=O)C(C)(C)CNCCO)CC3)c3c(N)ncnn23)ccn1. The molecule has 0 radical (unpaired) electrons. The van der Waals surface area contributed by atoms with Gasteiger partial charge in [-0.05, 0) is 51.7 Å². The van der Waals surface area contributed by atoms with Crippen molar-refractivity contribution < 1.29 is 19.4 Å². The molecule has 0 unspecified atom stereocenters. The molecular formula is C26H36N8O4. The Labute approximate surface area is 221 Å². The first-order valence-corrected chi connectivity index (χ1v) is 12.8. The highest BCUT2D eigenvalue weighted by Crippen LogP contribution is 2.29. The third kappa shape index (κ3) is 6.03. The molecule has 0 aromatic carbocycles. The zero-order valence-electron chi connectivity index (χ0n) is 22.0. The van der Waals surface area contributed by atoms with Crippen LogP contribution in [0.4, 0.5) is 5.82 Å². The standard InChI is InChI=1S/C26H36N8O4/c1-26(2,14-28-10-11-35)25(37)33-18-6-4-17(5-7-18)32-24(36)19-13-20(16-8-9-29-21(12-16)38-3)34-22(19)23(27)30-15-31-34/h8-9,12-13,15,17-18,28,35H,4-7,10-11,14H2,1-3H3,(H,32,36)(H,33,37)(H2,27,30,31). The molecular weight excluding hydrogens is 488 g/mol. The van der Waals surface area contributed by atoms with Gasteiger partial charge in [0.2, 0.25) is 11.8 Å². The van der Waals surface area contributed by atoms with Crippen LogP contribution in [0, 0.1) is 5.41 Å². The van der Waals surface area contributed by atoms with E-state index in [1.165, 1.54) is 6.33 Å². The molecule has 0 aliphatic heterocycles. The zero-order chi connectivity index (χ0) is 27.3. The average molecular weight is 525 g/mol. The average Bonchev–Trinajstić information content (AvgIpc) is 3.31. The van der Waals surface area contributed by atoms with E-state index in [0.29, 0.717) is 35.7 Å². The van der Waals surface area contributed by atoms with Gasteiger partial charge in [0, 0.05) is 43.0 Å². The van der Waals surface area contributed by atoms with Crippen molar-refractivity contribution in [3.8, 4) is 17.1 Å². The normalized spacial score (nSPS) is 17.8. The molecule has 0 atom stereocenters. The van der Waals surface area contributed by atoms with Gasteiger partial charge in [0.15, 0.2) is 5.82 Å². The second kappa shape index (κ2) is 11.7. The molecule has 6 N–H and O–H groups in total. The Hall–Kier alpha value is -3.77. The van der Waals surface area contributed by atoms with Crippen molar-refractivity contribution in [3.05, 3.63) is 36.3 Å². The highest BCUT2D eigenvalue weighted by atomic mass is 16.5. The number of anilines is 1. The van der Waals surface area contributed by atoms with Gasteiger partial charge in [-0.15, -0.1) is 0 Å². The van der Waals surface area contributed by atoms with Crippen LogP contribution in [0.2, 0.25) is 0 Å². The number of aliphatic hydroxyl groups excluding tert-OH is 1. The van der Waals surface area contributed by atoms with Crippen LogP contribution in [0.1, 0.15) is 49.9 Å². The van der Waals surface area contributed by atoms with Crippen LogP contribution >= 0.6 is 0 Å². The second-order valence-electron chi connectivity index (χ2n) is 10.2. The summed E-state index contributed by atoms with van der Waals surface area (Å²) in [6.45, 7) is 4.73. The van der Waals surface area contributed by atoms with E-state index in [1.807, 2.05) is 19.9 Å². The van der Waals surface area contributed by atoms with Gasteiger partial charge in [-0.2, -0.15) is 5.10 Å². The third-order valence-electron chi connectivity index (χ3n) is 6.93. The quantitative estimate of drug-likeness (QED) is 0.244. The molecule has 204 valence electrons. The molecule has 2 amide bonds. The van der Waals surface area contributed by atoms with E-state index in [9.17, 15) is 9.59 Å². The lowest BCUT2D eigenvalue weighted by Gasteiger charge is -2.32. The number of hydrogen-bond donors (Lipinski definition) is 5. The van der Waals surface area contributed by atoms with Gasteiger partial charge in [0.25, 0.3) is 5.91 Å². The van der Waals surface area contributed by atoms with Crippen LogP contribution in [0.3, 0.4) is 0 Å². The first-order chi connectivity index (χ1) is 18.2. The number of hydrogen-bond acceptors (Lipinski definition) is 9. The predicted octanol–water partition coefficient (Wildman–Crippen LogP) is 1.15. The van der Waals surface area contributed by atoms with E-state index in [-0.39, 0.29) is 36.3 Å². The van der Waals surface area contributed by atoms with Crippen LogP contribution in [-0.4, -0.2) is 75.4 Å². The minimum atomic E-state index is -0.588. The number of nitrogens with two attached hydrogens (primary N) is 1. The molecule has 0 spiro atoms. The third-order valence-corrected chi connectivity index (χ3v) is 6.93. The van der Waals surface area contributed by atoms with Crippen LogP contribution in [-0.2, 0) is 4.79 Å². The maximum absolute atomic E-state index is 13.4. The van der Waals surface area contributed by atoms with Gasteiger partial charge in [-0.25, -0.2) is 14.5 Å². The van der Waals surface area contributed by atoms with E-state index in [0.717, 1.165) is 31.2 Å². The summed E-state index contributed by atoms with van der Waals surface area (Å²) >= 11 is 0. The van der Waals surface area contributed by atoms with Crippen LogP contribution in [0.15, 0.2) is 30.7 Å². The smallest absolute Gasteiger partial charge is 0.253 e. The van der Waals surface area contributed by atoms with Crippen molar-refractivity contribution in [1.29, 1.82) is 0 Å². The molecule has 3 aromatic heterocycles. The van der Waals surface area contributed by atoms with Crippen molar-refractivity contribution in [3.63, 3.8) is 0 Å². The Balaban J connectivity index is 1.42. The second-order valence-corrected chi connectivity index (χ2v) is 10.2. The fourth-order valence-corrected chi connectivity index (χ4v) is 4.71. The Kier molecular flexibility index (Phi) is 8.42. The Bertz CT molecular complexity index is 1280. The van der Waals surface area contributed by atoms with Gasteiger partial charge in [0.1, 0.15) is 11.8 Å². The molecule has 1 saturated carbocycles. The van der Waals surface area contributed by atoms with E-state index in [1.54, 1.807) is 30.0 Å². The van der Waals surface area contributed by atoms with Crippen molar-refractivity contribution in [2.24, 2.45) is 5.41 Å². The summed E-state index contributed by atoms with van der Waals surface area (Å²) in [7, 11) is 1.54. The number of aliphatic hydroxyl groups is 1. The highest BCUT2D eigenvalue weighted by Gasteiger charge is 2.31. The van der Waals surface area contributed by atoms with Crippen molar-refractivity contribution in [2.75, 3.05) is 32.5 Å². The number of amides is 2. The maximum Gasteiger partial charge on any atom is 0.253 e. The molecule has 4 rings (SSSR count). The van der Waals surface area contributed by atoms with Gasteiger partial charge in [0.05, 0.1) is 30.4 Å². The number of fused-ring (bicyclic) bond motifs is 1. The summed E-state index contributed by atoms with van der Waals surface area (Å²) in [4.78, 5) is 34.4. The van der Waals surface area contributed by atoms with Crippen LogP contribution in [0.25, 0.3) is 16.8 Å². The van der Waals surface area contributed by atoms with Crippen LogP contribution < -0.4 is 26.4 Å². The first kappa shape index (κ1) is 27.3. The minimum absolute atomic E-state index is 0.0218. The topological polar surface area (TPSA) is 169 Å². The van der Waals surface area contributed by atoms with Gasteiger partial charge < -0.3 is 31.5 Å². The number of ether oxygens (including phenoxy) is 1. The van der Waals surface area contributed by atoms with Gasteiger partial charge >= 0.3 is 0 Å². The van der Waals surface area contributed by atoms with E-state index >= 15 is 0 Å². The van der Waals surface area contributed by atoms with E-state index in [2.05, 4.69) is 31.0 Å². The van der Waals surface area contributed by atoms with Gasteiger partial charge in [-0.3, -0.25) is 9.59 Å². The highest BCUT2D eigenvalue weighted by molar-refractivity contribution is 6.05. The Morgan fingerprint density at radius 1 is 1.16 bits per heavy atom. The van der Waals surface area contributed by atoms with Crippen molar-refractivity contribution in [2.45, 2.75) is 51.6 Å². The number of nitrogens with one attached hydrogen (secondary N) is 3. The summed E-state index contributed by atoms with van der Waals surface area (Å²) in [5.74, 6) is 0.380. The Morgan fingerprint density at radius 2 is 1.87 bits per heavy atom. The molecule has 1 aliphatic carbocycles. The molecule has 38 heavy (non-hydrogen) atoms. The summed E-state index contributed by atoms with van der Waals surface area (Å²) in [6.07, 6.45) is 5.99. The van der Waals surface area contributed by atoms with Gasteiger partial charge in [-0.1, -0.05) is 0 Å². The first-order valence-electron chi connectivity index (χ1n) is 12.8. The number of rotatable bonds is 10. The number of carbonyl (C=O) groups excluding carboxylic acids is 2. The maximum atomic E-state index is 13.4. The molecule has 0 saturated heterocycles. The summed E-state index contributed by atoms with van der Waals surface area (Å²) in [5.41, 5.74) is 7.85. The molecule has 1 aliphatic rings. The summed E-state index contributed by atoms with van der Waals surface area (Å²) in [5, 5.41) is 22.6. The largest absolute Gasteiger partial charge is 0.481 e. The summed E-state index contributed by atoms with van der Waals surface area (Å²) in [6, 6.07) is 5.36. The number of carbonyl (C=O) groups is 2. The number of pyridine rings is 1. The van der Waals surface area contributed by atoms with Crippen molar-refractivity contribution >= 4 is 23.1 Å². The van der Waals surface area contributed by atoms with E-state index in [4.69, 9.17) is 15.6 Å². The lowest BCUT2D eigenvalue weighted by atomic mass is 9.88. The van der Waals surface area contributed by atoms with E-state index < -0.39 is 5.41 Å². The molecule has 12 nitrogen and oxygen atoms in total. The Morgan fingerprint density at radius 3 is 2.55 bits per heavy atom.